The molecule has 0 atom stereocenters. The second-order valence-corrected chi connectivity index (χ2v) is 9.02. The molecule has 1 amide bonds. The van der Waals surface area contributed by atoms with Crippen LogP contribution in [0.25, 0.3) is 0 Å². The van der Waals surface area contributed by atoms with E-state index in [-0.39, 0.29) is 36.8 Å². The number of benzene rings is 1. The maximum absolute atomic E-state index is 12.7. The minimum atomic E-state index is -3.45. The number of piperazine rings is 1. The van der Waals surface area contributed by atoms with Gasteiger partial charge in [-0.3, -0.25) is 9.69 Å². The van der Waals surface area contributed by atoms with E-state index in [4.69, 9.17) is 0 Å². The van der Waals surface area contributed by atoms with Crippen LogP contribution in [-0.2, 0) is 14.8 Å². The normalized spacial score (nSPS) is 19.3. The van der Waals surface area contributed by atoms with Crippen molar-refractivity contribution in [2.75, 3.05) is 45.8 Å². The molecule has 0 bridgehead atoms. The Bertz CT molecular complexity index is 717. The van der Waals surface area contributed by atoms with Crippen LogP contribution >= 0.6 is 24.8 Å². The molecule has 3 rings (SSSR count). The lowest BCUT2D eigenvalue weighted by atomic mass is 10.1. The fourth-order valence-electron chi connectivity index (χ4n) is 3.43. The molecule has 0 radical (unpaired) electrons. The SMILES string of the molecule is Cc1ccc(S(=O)(=O)N2CCN(CC(=O)NC3CCNCC3)CC2)cc1.Cl.Cl. The average Bonchev–Trinajstić information content (AvgIpc) is 2.63. The minimum absolute atomic E-state index is 0. The van der Waals surface area contributed by atoms with E-state index in [1.165, 1.54) is 4.31 Å². The molecule has 2 saturated heterocycles. The van der Waals surface area contributed by atoms with Crippen molar-refractivity contribution in [1.82, 2.24) is 19.8 Å². The Balaban J connectivity index is 0.00000196. The highest BCUT2D eigenvalue weighted by atomic mass is 35.5. The number of sulfonamides is 1. The molecule has 1 aromatic carbocycles. The van der Waals surface area contributed by atoms with Crippen LogP contribution in [-0.4, -0.2) is 75.4 Å². The number of nitrogens with one attached hydrogen (secondary N) is 2. The van der Waals surface area contributed by atoms with Crippen molar-refractivity contribution in [2.45, 2.75) is 30.7 Å². The minimum Gasteiger partial charge on any atom is -0.352 e. The van der Waals surface area contributed by atoms with Gasteiger partial charge in [0, 0.05) is 32.2 Å². The van der Waals surface area contributed by atoms with Crippen LogP contribution in [0.4, 0.5) is 0 Å². The van der Waals surface area contributed by atoms with Crippen molar-refractivity contribution < 1.29 is 13.2 Å². The third-order valence-corrected chi connectivity index (χ3v) is 6.97. The van der Waals surface area contributed by atoms with Crippen LogP contribution in [0.2, 0.25) is 0 Å². The highest BCUT2D eigenvalue weighted by Crippen LogP contribution is 2.18. The Morgan fingerprint density at radius 1 is 1.07 bits per heavy atom. The Hall–Kier alpha value is -0.900. The molecule has 0 unspecified atom stereocenters. The van der Waals surface area contributed by atoms with Gasteiger partial charge in [0.2, 0.25) is 15.9 Å². The van der Waals surface area contributed by atoms with E-state index in [0.29, 0.717) is 37.6 Å². The fourth-order valence-corrected chi connectivity index (χ4v) is 4.85. The van der Waals surface area contributed by atoms with Gasteiger partial charge in [0.05, 0.1) is 11.4 Å². The quantitative estimate of drug-likeness (QED) is 0.696. The lowest BCUT2D eigenvalue weighted by Crippen LogP contribution is -2.52. The van der Waals surface area contributed by atoms with Crippen molar-refractivity contribution >= 4 is 40.7 Å². The molecule has 0 aliphatic carbocycles. The Labute approximate surface area is 180 Å². The van der Waals surface area contributed by atoms with Gasteiger partial charge < -0.3 is 10.6 Å². The van der Waals surface area contributed by atoms with Gasteiger partial charge in [-0.05, 0) is 45.0 Å². The number of hydrogen-bond acceptors (Lipinski definition) is 5. The van der Waals surface area contributed by atoms with Crippen LogP contribution in [0.15, 0.2) is 29.2 Å². The molecule has 2 aliphatic rings. The molecule has 2 aliphatic heterocycles. The zero-order valence-electron chi connectivity index (χ0n) is 16.1. The summed E-state index contributed by atoms with van der Waals surface area (Å²) in [5, 5.41) is 6.37. The third kappa shape index (κ3) is 6.57. The monoisotopic (exact) mass is 452 g/mol. The number of rotatable bonds is 5. The largest absolute Gasteiger partial charge is 0.352 e. The molecular weight excluding hydrogens is 423 g/mol. The van der Waals surface area contributed by atoms with Gasteiger partial charge in [0.1, 0.15) is 0 Å². The molecule has 0 aromatic heterocycles. The molecule has 160 valence electrons. The molecule has 28 heavy (non-hydrogen) atoms. The topological polar surface area (TPSA) is 81.8 Å². The lowest BCUT2D eigenvalue weighted by Gasteiger charge is -2.34. The summed E-state index contributed by atoms with van der Waals surface area (Å²) < 4.78 is 26.9. The van der Waals surface area contributed by atoms with E-state index in [1.54, 1.807) is 12.1 Å². The van der Waals surface area contributed by atoms with E-state index in [1.807, 2.05) is 24.0 Å². The Morgan fingerprint density at radius 3 is 2.21 bits per heavy atom. The van der Waals surface area contributed by atoms with Gasteiger partial charge in [0.25, 0.3) is 0 Å². The number of aryl methyl sites for hydroxylation is 1. The number of halogens is 2. The van der Waals surface area contributed by atoms with Crippen LogP contribution in [0.5, 0.6) is 0 Å². The number of hydrogen-bond donors (Lipinski definition) is 2. The Kier molecular flexibility index (Phi) is 10.2. The second-order valence-electron chi connectivity index (χ2n) is 7.09. The van der Waals surface area contributed by atoms with Gasteiger partial charge in [-0.2, -0.15) is 4.31 Å². The summed E-state index contributed by atoms with van der Waals surface area (Å²) in [6.45, 7) is 6.14. The van der Waals surface area contributed by atoms with E-state index < -0.39 is 10.0 Å². The third-order valence-electron chi connectivity index (χ3n) is 5.06. The van der Waals surface area contributed by atoms with Gasteiger partial charge in [-0.1, -0.05) is 17.7 Å². The molecule has 7 nitrogen and oxygen atoms in total. The first-order valence-electron chi connectivity index (χ1n) is 9.24. The number of carbonyl (C=O) groups excluding carboxylic acids is 1. The first kappa shape index (κ1) is 25.1. The molecule has 1 aromatic rings. The molecule has 10 heteroatoms. The van der Waals surface area contributed by atoms with Gasteiger partial charge >= 0.3 is 0 Å². The van der Waals surface area contributed by atoms with Crippen molar-refractivity contribution in [1.29, 1.82) is 0 Å². The number of amides is 1. The summed E-state index contributed by atoms with van der Waals surface area (Å²) in [5.74, 6) is 0.0340. The highest BCUT2D eigenvalue weighted by Gasteiger charge is 2.29. The van der Waals surface area contributed by atoms with Crippen LogP contribution in [0.3, 0.4) is 0 Å². The molecule has 0 saturated carbocycles. The van der Waals surface area contributed by atoms with Crippen molar-refractivity contribution in [3.63, 3.8) is 0 Å². The number of carbonyl (C=O) groups is 1. The van der Waals surface area contributed by atoms with Gasteiger partial charge in [-0.15, -0.1) is 24.8 Å². The van der Waals surface area contributed by atoms with Crippen molar-refractivity contribution in [3.05, 3.63) is 29.8 Å². The van der Waals surface area contributed by atoms with Crippen molar-refractivity contribution in [2.24, 2.45) is 0 Å². The molecular formula is C18H30Cl2N4O3S. The standard InChI is InChI=1S/C18H28N4O3S.2ClH/c1-15-2-4-17(5-3-15)26(24,25)22-12-10-21(11-13-22)14-18(23)20-16-6-8-19-9-7-16;;/h2-5,16,19H,6-14H2,1H3,(H,20,23);2*1H. The maximum Gasteiger partial charge on any atom is 0.243 e. The van der Waals surface area contributed by atoms with E-state index in [9.17, 15) is 13.2 Å². The van der Waals surface area contributed by atoms with E-state index >= 15 is 0 Å². The van der Waals surface area contributed by atoms with E-state index in [0.717, 1.165) is 31.5 Å². The summed E-state index contributed by atoms with van der Waals surface area (Å²) in [6, 6.07) is 7.20. The van der Waals surface area contributed by atoms with Gasteiger partial charge in [-0.25, -0.2) is 8.42 Å². The molecule has 2 heterocycles. The predicted octanol–water partition coefficient (Wildman–Crippen LogP) is 1.01. The molecule has 2 fully saturated rings. The van der Waals surface area contributed by atoms with E-state index in [2.05, 4.69) is 10.6 Å². The smallest absolute Gasteiger partial charge is 0.243 e. The zero-order chi connectivity index (χ0) is 18.6. The first-order chi connectivity index (χ1) is 12.4. The lowest BCUT2D eigenvalue weighted by molar-refractivity contribution is -0.123. The van der Waals surface area contributed by atoms with Crippen LogP contribution in [0.1, 0.15) is 18.4 Å². The van der Waals surface area contributed by atoms with Gasteiger partial charge in [0.15, 0.2) is 0 Å². The summed E-state index contributed by atoms with van der Waals surface area (Å²) in [7, 11) is -3.45. The number of piperidine rings is 1. The van der Waals surface area contributed by atoms with Crippen LogP contribution < -0.4 is 10.6 Å². The first-order valence-corrected chi connectivity index (χ1v) is 10.7. The average molecular weight is 453 g/mol. The summed E-state index contributed by atoms with van der Waals surface area (Å²) in [6.07, 6.45) is 1.93. The summed E-state index contributed by atoms with van der Waals surface area (Å²) in [4.78, 5) is 14.6. The maximum atomic E-state index is 12.7. The number of nitrogens with zero attached hydrogens (tertiary/aromatic N) is 2. The summed E-state index contributed by atoms with van der Waals surface area (Å²) in [5.41, 5.74) is 1.04. The molecule has 2 N–H and O–H groups in total. The fraction of sp³-hybridized carbons (Fsp3) is 0.611. The summed E-state index contributed by atoms with van der Waals surface area (Å²) >= 11 is 0. The zero-order valence-corrected chi connectivity index (χ0v) is 18.5. The van der Waals surface area contributed by atoms with Crippen LogP contribution in [0, 0.1) is 6.92 Å². The highest BCUT2D eigenvalue weighted by molar-refractivity contribution is 7.89. The second kappa shape index (κ2) is 11.3. The Morgan fingerprint density at radius 2 is 1.64 bits per heavy atom. The van der Waals surface area contributed by atoms with Crippen molar-refractivity contribution in [3.8, 4) is 0 Å². The molecule has 0 spiro atoms. The predicted molar refractivity (Wildman–Crippen MR) is 115 cm³/mol.